The number of pyridine rings is 1. The minimum absolute atomic E-state index is 0.173. The van der Waals surface area contributed by atoms with Gasteiger partial charge in [0, 0.05) is 50.9 Å². The average Bonchev–Trinajstić information content (AvgIpc) is 3.37. The van der Waals surface area contributed by atoms with Gasteiger partial charge in [0.15, 0.2) is 0 Å². The first-order chi connectivity index (χ1) is 10.8. The lowest BCUT2D eigenvalue weighted by atomic mass is 10.1. The molecule has 0 unspecified atom stereocenters. The van der Waals surface area contributed by atoms with Crippen molar-refractivity contribution in [3.05, 3.63) is 46.4 Å². The Bertz CT molecular complexity index is 727. The summed E-state index contributed by atoms with van der Waals surface area (Å²) in [5.41, 5.74) is 1.46. The largest absolute Gasteiger partial charge is 0.314 e. The number of benzene rings is 1. The molecule has 2 aliphatic rings. The zero-order valence-electron chi connectivity index (χ0n) is 12.9. The van der Waals surface area contributed by atoms with Crippen molar-refractivity contribution in [2.24, 2.45) is 5.92 Å². The van der Waals surface area contributed by atoms with Crippen LogP contribution in [0.3, 0.4) is 0 Å². The van der Waals surface area contributed by atoms with Crippen molar-refractivity contribution in [2.75, 3.05) is 26.2 Å². The predicted molar refractivity (Wildman–Crippen MR) is 89.1 cm³/mol. The number of fused-ring (bicyclic) bond motifs is 1. The smallest absolute Gasteiger partial charge is 0.258 e. The number of piperazine rings is 1. The van der Waals surface area contributed by atoms with Crippen molar-refractivity contribution in [1.82, 2.24) is 14.8 Å². The fraction of sp³-hybridized carbons (Fsp3) is 0.500. The summed E-state index contributed by atoms with van der Waals surface area (Å²) >= 11 is 0. The van der Waals surface area contributed by atoms with Gasteiger partial charge in [-0.15, -0.1) is 0 Å². The van der Waals surface area contributed by atoms with Crippen molar-refractivity contribution in [2.45, 2.75) is 25.9 Å². The molecule has 22 heavy (non-hydrogen) atoms. The van der Waals surface area contributed by atoms with E-state index in [4.69, 9.17) is 0 Å². The minimum Gasteiger partial charge on any atom is -0.314 e. The van der Waals surface area contributed by atoms with Gasteiger partial charge >= 0.3 is 0 Å². The van der Waals surface area contributed by atoms with Gasteiger partial charge in [-0.25, -0.2) is 0 Å². The summed E-state index contributed by atoms with van der Waals surface area (Å²) < 4.78 is 1.96. The Morgan fingerprint density at radius 1 is 1.09 bits per heavy atom. The summed E-state index contributed by atoms with van der Waals surface area (Å²) in [6.45, 7) is 6.09. The highest BCUT2D eigenvalue weighted by Crippen LogP contribution is 2.30. The Balaban J connectivity index is 1.73. The van der Waals surface area contributed by atoms with E-state index >= 15 is 0 Å². The van der Waals surface area contributed by atoms with E-state index in [2.05, 4.69) is 22.5 Å². The summed E-state index contributed by atoms with van der Waals surface area (Å²) in [6.07, 6.45) is 4.66. The van der Waals surface area contributed by atoms with E-state index in [1.54, 1.807) is 0 Å². The molecule has 0 radical (unpaired) electrons. The maximum Gasteiger partial charge on any atom is 0.258 e. The van der Waals surface area contributed by atoms with Crippen LogP contribution in [0.15, 0.2) is 35.3 Å². The molecule has 0 spiro atoms. The third kappa shape index (κ3) is 2.81. The van der Waals surface area contributed by atoms with Gasteiger partial charge in [0.25, 0.3) is 5.56 Å². The third-order valence-electron chi connectivity index (χ3n) is 4.83. The Hall–Kier alpha value is -1.65. The third-order valence-corrected chi connectivity index (χ3v) is 4.83. The van der Waals surface area contributed by atoms with Crippen LogP contribution < -0.4 is 10.9 Å². The van der Waals surface area contributed by atoms with Crippen molar-refractivity contribution >= 4 is 10.8 Å². The van der Waals surface area contributed by atoms with E-state index in [1.807, 2.05) is 22.8 Å². The van der Waals surface area contributed by atoms with E-state index in [0.29, 0.717) is 5.92 Å². The molecule has 4 nitrogen and oxygen atoms in total. The number of nitrogens with one attached hydrogen (secondary N) is 1. The molecular formula is C18H23N3O. The van der Waals surface area contributed by atoms with E-state index in [-0.39, 0.29) is 5.56 Å². The molecule has 1 aliphatic heterocycles. The summed E-state index contributed by atoms with van der Waals surface area (Å²) in [4.78, 5) is 15.2. The molecule has 4 rings (SSSR count). The van der Waals surface area contributed by atoms with E-state index in [9.17, 15) is 4.79 Å². The summed E-state index contributed by atoms with van der Waals surface area (Å²) in [5, 5.41) is 5.39. The van der Waals surface area contributed by atoms with Gasteiger partial charge in [0.05, 0.1) is 0 Å². The lowest BCUT2D eigenvalue weighted by Gasteiger charge is -2.28. The summed E-state index contributed by atoms with van der Waals surface area (Å²) in [6, 6.07) is 8.08. The minimum atomic E-state index is 0.173. The molecule has 1 saturated heterocycles. The van der Waals surface area contributed by atoms with E-state index in [1.165, 1.54) is 18.4 Å². The second kappa shape index (κ2) is 5.86. The summed E-state index contributed by atoms with van der Waals surface area (Å²) in [7, 11) is 0. The first kappa shape index (κ1) is 14.0. The lowest BCUT2D eigenvalue weighted by molar-refractivity contribution is 0.233. The molecular weight excluding hydrogens is 274 g/mol. The Labute approximate surface area is 130 Å². The van der Waals surface area contributed by atoms with Crippen molar-refractivity contribution in [3.63, 3.8) is 0 Å². The zero-order valence-corrected chi connectivity index (χ0v) is 12.9. The number of hydrogen-bond donors (Lipinski definition) is 1. The van der Waals surface area contributed by atoms with E-state index in [0.717, 1.165) is 50.0 Å². The molecule has 0 bridgehead atoms. The molecule has 2 heterocycles. The van der Waals surface area contributed by atoms with Gasteiger partial charge in [-0.3, -0.25) is 9.69 Å². The standard InChI is InChI=1S/C18H23N3O/c22-18-17-4-2-1-3-16(17)15(12-20-9-7-19-8-10-20)13-21(18)11-14-5-6-14/h1-4,13-14,19H,5-12H2. The quantitative estimate of drug-likeness (QED) is 0.935. The maximum absolute atomic E-state index is 12.7. The fourth-order valence-electron chi connectivity index (χ4n) is 3.37. The second-order valence-corrected chi connectivity index (χ2v) is 6.63. The first-order valence-electron chi connectivity index (χ1n) is 8.35. The predicted octanol–water partition coefficient (Wildman–Crippen LogP) is 1.82. The fourth-order valence-corrected chi connectivity index (χ4v) is 3.37. The van der Waals surface area contributed by atoms with Crippen LogP contribution in [0.1, 0.15) is 18.4 Å². The van der Waals surface area contributed by atoms with Gasteiger partial charge in [0.2, 0.25) is 0 Å². The number of hydrogen-bond acceptors (Lipinski definition) is 3. The monoisotopic (exact) mass is 297 g/mol. The van der Waals surface area contributed by atoms with Crippen LogP contribution in [0.25, 0.3) is 10.8 Å². The first-order valence-corrected chi connectivity index (χ1v) is 8.35. The molecule has 2 aromatic rings. The van der Waals surface area contributed by atoms with Crippen LogP contribution in [-0.4, -0.2) is 35.6 Å². The van der Waals surface area contributed by atoms with Gasteiger partial charge in [-0.1, -0.05) is 18.2 Å². The van der Waals surface area contributed by atoms with E-state index < -0.39 is 0 Å². The zero-order chi connectivity index (χ0) is 14.9. The van der Waals surface area contributed by atoms with Gasteiger partial charge in [-0.05, 0) is 35.8 Å². The molecule has 1 aliphatic carbocycles. The highest BCUT2D eigenvalue weighted by atomic mass is 16.1. The average molecular weight is 297 g/mol. The Morgan fingerprint density at radius 3 is 2.55 bits per heavy atom. The molecule has 1 aromatic heterocycles. The lowest BCUT2D eigenvalue weighted by Crippen LogP contribution is -2.43. The molecule has 0 amide bonds. The van der Waals surface area contributed by atoms with Crippen LogP contribution in [0.2, 0.25) is 0 Å². The van der Waals surface area contributed by atoms with Crippen molar-refractivity contribution in [3.8, 4) is 0 Å². The molecule has 1 saturated carbocycles. The maximum atomic E-state index is 12.7. The summed E-state index contributed by atoms with van der Waals surface area (Å²) in [5.74, 6) is 0.714. The number of nitrogens with zero attached hydrogens (tertiary/aromatic N) is 2. The van der Waals surface area contributed by atoms with Crippen LogP contribution in [0, 0.1) is 5.92 Å². The highest BCUT2D eigenvalue weighted by Gasteiger charge is 2.23. The van der Waals surface area contributed by atoms with Crippen LogP contribution in [-0.2, 0) is 13.1 Å². The van der Waals surface area contributed by atoms with Crippen molar-refractivity contribution < 1.29 is 0 Å². The topological polar surface area (TPSA) is 37.3 Å². The number of aromatic nitrogens is 1. The normalized spacial score (nSPS) is 19.6. The molecule has 4 heteroatoms. The molecule has 1 N–H and O–H groups in total. The van der Waals surface area contributed by atoms with Crippen LogP contribution in [0.4, 0.5) is 0 Å². The van der Waals surface area contributed by atoms with Gasteiger partial charge in [0.1, 0.15) is 0 Å². The molecule has 0 atom stereocenters. The van der Waals surface area contributed by atoms with Crippen LogP contribution in [0.5, 0.6) is 0 Å². The highest BCUT2D eigenvalue weighted by molar-refractivity contribution is 5.84. The van der Waals surface area contributed by atoms with Crippen LogP contribution >= 0.6 is 0 Å². The molecule has 2 fully saturated rings. The Kier molecular flexibility index (Phi) is 3.72. The Morgan fingerprint density at radius 2 is 1.82 bits per heavy atom. The number of rotatable bonds is 4. The second-order valence-electron chi connectivity index (χ2n) is 6.63. The SMILES string of the molecule is O=c1c2ccccc2c(CN2CCNCC2)cn1CC1CC1. The van der Waals surface area contributed by atoms with Gasteiger partial charge < -0.3 is 9.88 Å². The van der Waals surface area contributed by atoms with Crippen molar-refractivity contribution in [1.29, 1.82) is 0 Å². The molecule has 116 valence electrons. The molecule has 1 aromatic carbocycles. The van der Waals surface area contributed by atoms with Gasteiger partial charge in [-0.2, -0.15) is 0 Å².